The van der Waals surface area contributed by atoms with Gasteiger partial charge in [0.1, 0.15) is 6.04 Å². The second kappa shape index (κ2) is 4.21. The second-order valence-corrected chi connectivity index (χ2v) is 4.60. The second-order valence-electron chi connectivity index (χ2n) is 2.78. The van der Waals surface area contributed by atoms with Gasteiger partial charge in [0.15, 0.2) is 0 Å². The van der Waals surface area contributed by atoms with Gasteiger partial charge in [0.05, 0.1) is 0 Å². The number of carbonyl (C=O) groups is 1. The molecule has 0 unspecified atom stereocenters. The van der Waals surface area contributed by atoms with E-state index in [0.717, 1.165) is 14.9 Å². The summed E-state index contributed by atoms with van der Waals surface area (Å²) in [7, 11) is 0. The molecule has 3 nitrogen and oxygen atoms in total. The first kappa shape index (κ1) is 10.7. The fraction of sp³-hybridized carbons (Fsp3) is 0.375. The van der Waals surface area contributed by atoms with E-state index in [-0.39, 0.29) is 0 Å². The molecule has 1 aromatic rings. The van der Waals surface area contributed by atoms with Crippen LogP contribution in [0.4, 0.5) is 0 Å². The van der Waals surface area contributed by atoms with Crippen LogP contribution in [0.25, 0.3) is 0 Å². The Labute approximate surface area is 88.7 Å². The van der Waals surface area contributed by atoms with Crippen molar-refractivity contribution < 1.29 is 9.90 Å². The third kappa shape index (κ3) is 2.52. The molecule has 0 aliphatic rings. The Kier molecular flexibility index (Phi) is 3.47. The van der Waals surface area contributed by atoms with E-state index < -0.39 is 12.0 Å². The van der Waals surface area contributed by atoms with E-state index in [0.29, 0.717) is 6.42 Å². The molecule has 1 heterocycles. The highest BCUT2D eigenvalue weighted by atomic mass is 79.9. The standard InChI is InChI=1S/C8H10BrNO2S/c1-4-5(9)3-13-7(4)2-6(10)8(11)12/h3,6H,2,10H2,1H3,(H,11,12)/t6-/m1/s1. The fourth-order valence-electron chi connectivity index (χ4n) is 0.921. The van der Waals surface area contributed by atoms with Crippen molar-refractivity contribution in [2.75, 3.05) is 0 Å². The summed E-state index contributed by atoms with van der Waals surface area (Å²) in [5.74, 6) is -0.955. The maximum atomic E-state index is 10.5. The van der Waals surface area contributed by atoms with Crippen LogP contribution in [0.2, 0.25) is 0 Å². The average Bonchev–Trinajstić information content (AvgIpc) is 2.36. The molecule has 0 saturated heterocycles. The molecule has 1 rings (SSSR count). The Morgan fingerprint density at radius 2 is 2.46 bits per heavy atom. The molecule has 0 fully saturated rings. The number of halogens is 1. The molecule has 0 aromatic carbocycles. The monoisotopic (exact) mass is 263 g/mol. The van der Waals surface area contributed by atoms with Gasteiger partial charge < -0.3 is 10.8 Å². The van der Waals surface area contributed by atoms with Crippen LogP contribution in [0.15, 0.2) is 9.85 Å². The minimum absolute atomic E-state index is 0.400. The Morgan fingerprint density at radius 1 is 1.85 bits per heavy atom. The van der Waals surface area contributed by atoms with E-state index >= 15 is 0 Å². The van der Waals surface area contributed by atoms with Crippen molar-refractivity contribution in [3.05, 3.63) is 20.3 Å². The van der Waals surface area contributed by atoms with Crippen LogP contribution < -0.4 is 5.73 Å². The third-order valence-corrected chi connectivity index (χ3v) is 4.04. The smallest absolute Gasteiger partial charge is 0.320 e. The molecule has 5 heteroatoms. The lowest BCUT2D eigenvalue weighted by molar-refractivity contribution is -0.138. The molecule has 72 valence electrons. The van der Waals surface area contributed by atoms with Crippen molar-refractivity contribution in [2.24, 2.45) is 5.73 Å². The predicted octanol–water partition coefficient (Wildman–Crippen LogP) is 1.77. The quantitative estimate of drug-likeness (QED) is 0.874. The largest absolute Gasteiger partial charge is 0.480 e. The van der Waals surface area contributed by atoms with Gasteiger partial charge in [0.25, 0.3) is 0 Å². The van der Waals surface area contributed by atoms with Gasteiger partial charge in [-0.15, -0.1) is 11.3 Å². The summed E-state index contributed by atoms with van der Waals surface area (Å²) >= 11 is 4.90. The van der Waals surface area contributed by atoms with Crippen molar-refractivity contribution in [3.63, 3.8) is 0 Å². The summed E-state index contributed by atoms with van der Waals surface area (Å²) in [5, 5.41) is 10.6. The summed E-state index contributed by atoms with van der Waals surface area (Å²) in [6, 6.07) is -0.802. The number of hydrogen-bond acceptors (Lipinski definition) is 3. The SMILES string of the molecule is Cc1c(Br)csc1C[C@@H](N)C(=O)O. The Morgan fingerprint density at radius 3 is 2.85 bits per heavy atom. The number of carboxylic acid groups (broad SMARTS) is 1. The predicted molar refractivity (Wildman–Crippen MR) is 56.1 cm³/mol. The fourth-order valence-corrected chi connectivity index (χ4v) is 2.56. The maximum absolute atomic E-state index is 10.5. The number of nitrogens with two attached hydrogens (primary N) is 1. The zero-order valence-electron chi connectivity index (χ0n) is 7.08. The molecule has 0 amide bonds. The Balaban J connectivity index is 2.74. The van der Waals surface area contributed by atoms with Gasteiger partial charge in [-0.05, 0) is 28.4 Å². The molecule has 0 aliphatic heterocycles. The lowest BCUT2D eigenvalue weighted by Gasteiger charge is -2.04. The lowest BCUT2D eigenvalue weighted by Crippen LogP contribution is -2.32. The first-order valence-electron chi connectivity index (χ1n) is 3.73. The highest BCUT2D eigenvalue weighted by Crippen LogP contribution is 2.27. The number of thiophene rings is 1. The van der Waals surface area contributed by atoms with E-state index in [1.54, 1.807) is 0 Å². The van der Waals surface area contributed by atoms with Crippen molar-refractivity contribution in [1.29, 1.82) is 0 Å². The molecule has 0 saturated carbocycles. The van der Waals surface area contributed by atoms with Gasteiger partial charge in [-0.25, -0.2) is 0 Å². The maximum Gasteiger partial charge on any atom is 0.320 e. The highest BCUT2D eigenvalue weighted by molar-refractivity contribution is 9.10. The normalized spacial score (nSPS) is 12.8. The molecule has 1 atom stereocenters. The van der Waals surface area contributed by atoms with E-state index in [1.165, 1.54) is 11.3 Å². The van der Waals surface area contributed by atoms with Gasteiger partial charge in [-0.1, -0.05) is 0 Å². The molecule has 13 heavy (non-hydrogen) atoms. The number of hydrogen-bond donors (Lipinski definition) is 2. The molecule has 0 radical (unpaired) electrons. The molecular weight excluding hydrogens is 254 g/mol. The molecular formula is C8H10BrNO2S. The van der Waals surface area contributed by atoms with Crippen LogP contribution in [-0.2, 0) is 11.2 Å². The van der Waals surface area contributed by atoms with Crippen LogP contribution in [-0.4, -0.2) is 17.1 Å². The third-order valence-electron chi connectivity index (χ3n) is 1.80. The van der Waals surface area contributed by atoms with Crippen molar-refractivity contribution >= 4 is 33.2 Å². The molecule has 0 aliphatic carbocycles. The molecule has 0 spiro atoms. The summed E-state index contributed by atoms with van der Waals surface area (Å²) in [6.45, 7) is 1.95. The Bertz CT molecular complexity index is 324. The van der Waals surface area contributed by atoms with E-state index in [2.05, 4.69) is 15.9 Å². The van der Waals surface area contributed by atoms with Crippen LogP contribution in [0.3, 0.4) is 0 Å². The summed E-state index contributed by atoms with van der Waals surface area (Å²) in [5.41, 5.74) is 6.50. The van der Waals surface area contributed by atoms with Crippen molar-refractivity contribution in [1.82, 2.24) is 0 Å². The minimum atomic E-state index is -0.955. The van der Waals surface area contributed by atoms with Crippen LogP contribution in [0.5, 0.6) is 0 Å². The van der Waals surface area contributed by atoms with Gasteiger partial charge in [0.2, 0.25) is 0 Å². The summed E-state index contributed by atoms with van der Waals surface area (Å²) in [6.07, 6.45) is 0.400. The zero-order chi connectivity index (χ0) is 10.0. The minimum Gasteiger partial charge on any atom is -0.480 e. The molecule has 1 aromatic heterocycles. The summed E-state index contributed by atoms with van der Waals surface area (Å²) in [4.78, 5) is 11.5. The number of aliphatic carboxylic acids is 1. The first-order chi connectivity index (χ1) is 6.02. The molecule has 3 N–H and O–H groups in total. The van der Waals surface area contributed by atoms with E-state index in [4.69, 9.17) is 10.8 Å². The van der Waals surface area contributed by atoms with Crippen molar-refractivity contribution in [2.45, 2.75) is 19.4 Å². The van der Waals surface area contributed by atoms with E-state index in [1.807, 2.05) is 12.3 Å². The highest BCUT2D eigenvalue weighted by Gasteiger charge is 2.15. The topological polar surface area (TPSA) is 63.3 Å². The Hall–Kier alpha value is -0.390. The van der Waals surface area contributed by atoms with Crippen LogP contribution >= 0.6 is 27.3 Å². The number of rotatable bonds is 3. The van der Waals surface area contributed by atoms with Gasteiger partial charge in [0, 0.05) is 21.2 Å². The molecule has 0 bridgehead atoms. The number of carboxylic acids is 1. The lowest BCUT2D eigenvalue weighted by atomic mass is 10.1. The first-order valence-corrected chi connectivity index (χ1v) is 5.40. The average molecular weight is 264 g/mol. The zero-order valence-corrected chi connectivity index (χ0v) is 9.48. The van der Waals surface area contributed by atoms with Gasteiger partial charge in [-0.2, -0.15) is 0 Å². The van der Waals surface area contributed by atoms with Gasteiger partial charge in [-0.3, -0.25) is 4.79 Å². The van der Waals surface area contributed by atoms with Crippen molar-refractivity contribution in [3.8, 4) is 0 Å². The van der Waals surface area contributed by atoms with E-state index in [9.17, 15) is 4.79 Å². The summed E-state index contributed by atoms with van der Waals surface area (Å²) < 4.78 is 1.02. The van der Waals surface area contributed by atoms with Crippen LogP contribution in [0.1, 0.15) is 10.4 Å². The van der Waals surface area contributed by atoms with Crippen LogP contribution in [0, 0.1) is 6.92 Å². The van der Waals surface area contributed by atoms with Gasteiger partial charge >= 0.3 is 5.97 Å².